The third kappa shape index (κ3) is 2.89. The van der Waals surface area contributed by atoms with Gasteiger partial charge < -0.3 is 14.8 Å². The standard InChI is InChI=1S/C16H18ClNO2/c1-18-16(11-6-4-7-12(17)10-11)15-13(19-2)8-5-9-14(15)20-3/h4-10,16,18H,1-3H3. The van der Waals surface area contributed by atoms with Crippen molar-refractivity contribution in [1.82, 2.24) is 5.32 Å². The van der Waals surface area contributed by atoms with E-state index in [9.17, 15) is 0 Å². The van der Waals surface area contributed by atoms with E-state index in [0.717, 1.165) is 22.6 Å². The summed E-state index contributed by atoms with van der Waals surface area (Å²) >= 11 is 6.09. The zero-order chi connectivity index (χ0) is 14.5. The predicted octanol–water partition coefficient (Wildman–Crippen LogP) is 3.67. The lowest BCUT2D eigenvalue weighted by Crippen LogP contribution is -2.19. The van der Waals surface area contributed by atoms with Crippen LogP contribution in [-0.2, 0) is 0 Å². The average Bonchev–Trinajstić information content (AvgIpc) is 2.48. The van der Waals surface area contributed by atoms with E-state index in [4.69, 9.17) is 21.1 Å². The normalized spacial score (nSPS) is 12.0. The molecule has 1 atom stereocenters. The summed E-state index contributed by atoms with van der Waals surface area (Å²) in [7, 11) is 5.21. The first-order chi connectivity index (χ1) is 9.71. The minimum Gasteiger partial charge on any atom is -0.496 e. The van der Waals surface area contributed by atoms with Crippen LogP contribution in [0.1, 0.15) is 17.2 Å². The Labute approximate surface area is 124 Å². The van der Waals surface area contributed by atoms with Crippen LogP contribution in [-0.4, -0.2) is 21.3 Å². The minimum atomic E-state index is -0.0557. The highest BCUT2D eigenvalue weighted by Gasteiger charge is 2.21. The summed E-state index contributed by atoms with van der Waals surface area (Å²) in [6.45, 7) is 0. The van der Waals surface area contributed by atoms with Crippen LogP contribution in [0.4, 0.5) is 0 Å². The van der Waals surface area contributed by atoms with Crippen LogP contribution in [0, 0.1) is 0 Å². The topological polar surface area (TPSA) is 30.5 Å². The van der Waals surface area contributed by atoms with E-state index in [0.29, 0.717) is 5.02 Å². The number of hydrogen-bond acceptors (Lipinski definition) is 3. The third-order valence-corrected chi connectivity index (χ3v) is 3.46. The number of ether oxygens (including phenoxy) is 2. The van der Waals surface area contributed by atoms with Crippen molar-refractivity contribution in [3.63, 3.8) is 0 Å². The van der Waals surface area contributed by atoms with Crippen molar-refractivity contribution in [2.75, 3.05) is 21.3 Å². The molecule has 106 valence electrons. The van der Waals surface area contributed by atoms with Gasteiger partial charge in [-0.25, -0.2) is 0 Å². The molecule has 0 amide bonds. The molecule has 0 heterocycles. The number of nitrogens with one attached hydrogen (secondary N) is 1. The first kappa shape index (κ1) is 14.7. The van der Waals surface area contributed by atoms with Crippen LogP contribution < -0.4 is 14.8 Å². The Bertz CT molecular complexity index is 564. The molecule has 0 fully saturated rings. The highest BCUT2D eigenvalue weighted by molar-refractivity contribution is 6.30. The molecule has 0 aliphatic heterocycles. The Balaban J connectivity index is 2.57. The molecule has 0 aromatic heterocycles. The Morgan fingerprint density at radius 2 is 1.60 bits per heavy atom. The highest BCUT2D eigenvalue weighted by atomic mass is 35.5. The molecule has 0 saturated carbocycles. The maximum Gasteiger partial charge on any atom is 0.127 e. The maximum absolute atomic E-state index is 6.09. The summed E-state index contributed by atoms with van der Waals surface area (Å²) in [6, 6.07) is 13.5. The van der Waals surface area contributed by atoms with Gasteiger partial charge in [-0.1, -0.05) is 29.8 Å². The second-order valence-corrected chi connectivity index (χ2v) is 4.79. The van der Waals surface area contributed by atoms with Crippen molar-refractivity contribution in [3.05, 3.63) is 58.6 Å². The summed E-state index contributed by atoms with van der Waals surface area (Å²) in [4.78, 5) is 0. The van der Waals surface area contributed by atoms with Gasteiger partial charge in [-0.15, -0.1) is 0 Å². The summed E-state index contributed by atoms with van der Waals surface area (Å²) in [6.07, 6.45) is 0. The Morgan fingerprint density at radius 1 is 1.00 bits per heavy atom. The Hall–Kier alpha value is -1.71. The van der Waals surface area contributed by atoms with Gasteiger partial charge >= 0.3 is 0 Å². The van der Waals surface area contributed by atoms with Gasteiger partial charge in [-0.05, 0) is 36.9 Å². The molecule has 1 unspecified atom stereocenters. The smallest absolute Gasteiger partial charge is 0.127 e. The van der Waals surface area contributed by atoms with Crippen LogP contribution in [0.15, 0.2) is 42.5 Å². The van der Waals surface area contributed by atoms with Crippen LogP contribution in [0.3, 0.4) is 0 Å². The van der Waals surface area contributed by atoms with Gasteiger partial charge in [0.15, 0.2) is 0 Å². The van der Waals surface area contributed by atoms with E-state index in [1.54, 1.807) is 14.2 Å². The molecule has 2 aromatic rings. The zero-order valence-electron chi connectivity index (χ0n) is 11.8. The molecule has 4 heteroatoms. The quantitative estimate of drug-likeness (QED) is 0.912. The van der Waals surface area contributed by atoms with Gasteiger partial charge in [0, 0.05) is 5.02 Å². The second kappa shape index (κ2) is 6.64. The van der Waals surface area contributed by atoms with Crippen molar-refractivity contribution < 1.29 is 9.47 Å². The summed E-state index contributed by atoms with van der Waals surface area (Å²) in [5.41, 5.74) is 2.02. The van der Waals surface area contributed by atoms with Crippen LogP contribution >= 0.6 is 11.6 Å². The summed E-state index contributed by atoms with van der Waals surface area (Å²) in [5.74, 6) is 1.56. The van der Waals surface area contributed by atoms with Gasteiger partial charge in [0.1, 0.15) is 11.5 Å². The molecule has 2 aromatic carbocycles. The fraction of sp³-hybridized carbons (Fsp3) is 0.250. The maximum atomic E-state index is 6.09. The van der Waals surface area contributed by atoms with E-state index in [1.807, 2.05) is 49.5 Å². The van der Waals surface area contributed by atoms with Crippen molar-refractivity contribution >= 4 is 11.6 Å². The van der Waals surface area contributed by atoms with Crippen LogP contribution in [0.2, 0.25) is 5.02 Å². The monoisotopic (exact) mass is 291 g/mol. The SMILES string of the molecule is CNC(c1cccc(Cl)c1)c1c(OC)cccc1OC. The molecule has 0 aliphatic carbocycles. The van der Waals surface area contributed by atoms with Gasteiger partial charge in [-0.3, -0.25) is 0 Å². The first-order valence-electron chi connectivity index (χ1n) is 6.35. The fourth-order valence-corrected chi connectivity index (χ4v) is 2.53. The van der Waals surface area contributed by atoms with Gasteiger partial charge in [0.25, 0.3) is 0 Å². The van der Waals surface area contributed by atoms with Gasteiger partial charge in [0.05, 0.1) is 25.8 Å². The lowest BCUT2D eigenvalue weighted by atomic mass is 9.97. The number of benzene rings is 2. The van der Waals surface area contributed by atoms with E-state index in [2.05, 4.69) is 5.32 Å². The summed E-state index contributed by atoms with van der Waals surface area (Å²) in [5, 5.41) is 4.00. The molecule has 0 spiro atoms. The van der Waals surface area contributed by atoms with Crippen LogP contribution in [0.5, 0.6) is 11.5 Å². The molecule has 1 N–H and O–H groups in total. The number of rotatable bonds is 5. The molecule has 2 rings (SSSR count). The van der Waals surface area contributed by atoms with Crippen molar-refractivity contribution in [2.45, 2.75) is 6.04 Å². The molecule has 0 bridgehead atoms. The molecule has 20 heavy (non-hydrogen) atoms. The second-order valence-electron chi connectivity index (χ2n) is 4.35. The lowest BCUT2D eigenvalue weighted by molar-refractivity contribution is 0.379. The number of methoxy groups -OCH3 is 2. The van der Waals surface area contributed by atoms with Crippen molar-refractivity contribution in [1.29, 1.82) is 0 Å². The average molecular weight is 292 g/mol. The third-order valence-electron chi connectivity index (χ3n) is 3.23. The van der Waals surface area contributed by atoms with E-state index in [-0.39, 0.29) is 6.04 Å². The number of halogens is 1. The highest BCUT2D eigenvalue weighted by Crippen LogP contribution is 2.37. The molecule has 0 saturated heterocycles. The van der Waals surface area contributed by atoms with Crippen molar-refractivity contribution in [2.24, 2.45) is 0 Å². The zero-order valence-corrected chi connectivity index (χ0v) is 12.6. The minimum absolute atomic E-state index is 0.0557. The Morgan fingerprint density at radius 3 is 2.10 bits per heavy atom. The van der Waals surface area contributed by atoms with E-state index < -0.39 is 0 Å². The van der Waals surface area contributed by atoms with E-state index in [1.165, 1.54) is 0 Å². The molecule has 3 nitrogen and oxygen atoms in total. The predicted molar refractivity (Wildman–Crippen MR) is 81.9 cm³/mol. The molecule has 0 radical (unpaired) electrons. The van der Waals surface area contributed by atoms with E-state index >= 15 is 0 Å². The molecular weight excluding hydrogens is 274 g/mol. The molecular formula is C16H18ClNO2. The molecule has 0 aliphatic rings. The van der Waals surface area contributed by atoms with Crippen molar-refractivity contribution in [3.8, 4) is 11.5 Å². The number of hydrogen-bond donors (Lipinski definition) is 1. The van der Waals surface area contributed by atoms with Gasteiger partial charge in [-0.2, -0.15) is 0 Å². The first-order valence-corrected chi connectivity index (χ1v) is 6.72. The van der Waals surface area contributed by atoms with Gasteiger partial charge in [0.2, 0.25) is 0 Å². The Kier molecular flexibility index (Phi) is 4.88. The summed E-state index contributed by atoms with van der Waals surface area (Å²) < 4.78 is 10.9. The lowest BCUT2D eigenvalue weighted by Gasteiger charge is -2.22. The van der Waals surface area contributed by atoms with Crippen LogP contribution in [0.25, 0.3) is 0 Å². The fourth-order valence-electron chi connectivity index (χ4n) is 2.33. The largest absolute Gasteiger partial charge is 0.496 e.